The number of ether oxygens (including phenoxy) is 1. The van der Waals surface area contributed by atoms with Crippen molar-refractivity contribution < 1.29 is 14.3 Å². The smallest absolute Gasteiger partial charge is 0.257 e. The van der Waals surface area contributed by atoms with Crippen LogP contribution in [0.3, 0.4) is 0 Å². The molecule has 0 bridgehead atoms. The molecule has 0 aromatic carbocycles. The Labute approximate surface area is 181 Å². The van der Waals surface area contributed by atoms with Gasteiger partial charge in [0.2, 0.25) is 5.95 Å². The lowest BCUT2D eigenvalue weighted by atomic mass is 10.1. The van der Waals surface area contributed by atoms with Crippen molar-refractivity contribution in [2.75, 3.05) is 50.8 Å². The molecule has 0 saturated carbocycles. The van der Waals surface area contributed by atoms with E-state index < -0.39 is 0 Å². The van der Waals surface area contributed by atoms with Crippen LogP contribution < -0.4 is 10.2 Å². The molecule has 4 rings (SSSR count). The van der Waals surface area contributed by atoms with E-state index in [-0.39, 0.29) is 11.8 Å². The average molecular weight is 425 g/mol. The first-order valence-electron chi connectivity index (χ1n) is 10.8. The molecule has 2 aromatic heterocycles. The summed E-state index contributed by atoms with van der Waals surface area (Å²) >= 11 is 0. The van der Waals surface area contributed by atoms with Crippen molar-refractivity contribution in [1.82, 2.24) is 25.2 Å². The molecule has 0 radical (unpaired) electrons. The Morgan fingerprint density at radius 3 is 2.55 bits per heavy atom. The molecule has 31 heavy (non-hydrogen) atoms. The van der Waals surface area contributed by atoms with E-state index in [0.717, 1.165) is 44.7 Å². The molecular weight excluding hydrogens is 396 g/mol. The molecular formula is C22H28N6O3. The van der Waals surface area contributed by atoms with E-state index in [1.54, 1.807) is 24.5 Å². The summed E-state index contributed by atoms with van der Waals surface area (Å²) in [6.45, 7) is 6.48. The zero-order valence-electron chi connectivity index (χ0n) is 17.8. The highest BCUT2D eigenvalue weighted by molar-refractivity contribution is 5.95. The molecule has 2 fully saturated rings. The second-order valence-electron chi connectivity index (χ2n) is 7.82. The second-order valence-corrected chi connectivity index (χ2v) is 7.82. The summed E-state index contributed by atoms with van der Waals surface area (Å²) in [6, 6.07) is 3.56. The van der Waals surface area contributed by atoms with Crippen molar-refractivity contribution in [3.8, 4) is 0 Å². The summed E-state index contributed by atoms with van der Waals surface area (Å²) < 4.78 is 5.41. The molecule has 2 aromatic rings. The first kappa shape index (κ1) is 21.2. The minimum Gasteiger partial charge on any atom is -0.378 e. The number of carbonyl (C=O) groups excluding carboxylic acids is 2. The van der Waals surface area contributed by atoms with Crippen LogP contribution in [0, 0.1) is 6.92 Å². The highest BCUT2D eigenvalue weighted by Gasteiger charge is 2.24. The topological polar surface area (TPSA) is 101 Å². The standard InChI is InChI=1S/C22H28N6O3/c1-16-4-5-17(14-24-16)20(29)23-7-6-19-18(21(30)27-8-2-3-9-27)15-25-22(26-19)28-10-12-31-13-11-28/h4-5,14-15H,2-3,6-13H2,1H3,(H,23,29). The Morgan fingerprint density at radius 1 is 1.06 bits per heavy atom. The van der Waals surface area contributed by atoms with E-state index in [9.17, 15) is 9.59 Å². The van der Waals surface area contributed by atoms with Crippen LogP contribution in [0.4, 0.5) is 5.95 Å². The zero-order chi connectivity index (χ0) is 21.6. The van der Waals surface area contributed by atoms with Gasteiger partial charge in [0.15, 0.2) is 0 Å². The van der Waals surface area contributed by atoms with Crippen LogP contribution in [0.2, 0.25) is 0 Å². The van der Waals surface area contributed by atoms with E-state index in [1.165, 1.54) is 0 Å². The molecule has 2 aliphatic heterocycles. The molecule has 2 saturated heterocycles. The van der Waals surface area contributed by atoms with Gasteiger partial charge in [0.1, 0.15) is 0 Å². The number of likely N-dealkylation sites (tertiary alicyclic amines) is 1. The van der Waals surface area contributed by atoms with Gasteiger partial charge in [-0.3, -0.25) is 14.6 Å². The number of hydrogen-bond donors (Lipinski definition) is 1. The summed E-state index contributed by atoms with van der Waals surface area (Å²) in [5, 5.41) is 2.90. The van der Waals surface area contributed by atoms with Crippen LogP contribution >= 0.6 is 0 Å². The fourth-order valence-corrected chi connectivity index (χ4v) is 3.78. The van der Waals surface area contributed by atoms with Crippen LogP contribution in [0.1, 0.15) is 44.9 Å². The summed E-state index contributed by atoms with van der Waals surface area (Å²) in [6.07, 6.45) is 5.69. The number of nitrogens with zero attached hydrogens (tertiary/aromatic N) is 5. The van der Waals surface area contributed by atoms with Gasteiger partial charge >= 0.3 is 0 Å². The van der Waals surface area contributed by atoms with Crippen molar-refractivity contribution >= 4 is 17.8 Å². The van der Waals surface area contributed by atoms with E-state index in [2.05, 4.69) is 20.2 Å². The van der Waals surface area contributed by atoms with Crippen molar-refractivity contribution in [2.45, 2.75) is 26.2 Å². The second kappa shape index (κ2) is 9.82. The number of rotatable bonds is 6. The number of carbonyl (C=O) groups is 2. The third kappa shape index (κ3) is 5.16. The molecule has 4 heterocycles. The van der Waals surface area contributed by atoms with E-state index >= 15 is 0 Å². The van der Waals surface area contributed by atoms with Crippen molar-refractivity contribution in [1.29, 1.82) is 0 Å². The van der Waals surface area contributed by atoms with Gasteiger partial charge in [-0.2, -0.15) is 0 Å². The molecule has 0 unspecified atom stereocenters. The van der Waals surface area contributed by atoms with Gasteiger partial charge in [-0.05, 0) is 31.9 Å². The molecule has 9 heteroatoms. The lowest BCUT2D eigenvalue weighted by Crippen LogP contribution is -2.38. The predicted molar refractivity (Wildman–Crippen MR) is 115 cm³/mol. The fourth-order valence-electron chi connectivity index (χ4n) is 3.78. The quantitative estimate of drug-likeness (QED) is 0.744. The van der Waals surface area contributed by atoms with Gasteiger partial charge in [-0.1, -0.05) is 0 Å². The van der Waals surface area contributed by atoms with Crippen LogP contribution in [0.5, 0.6) is 0 Å². The minimum absolute atomic E-state index is 0.0323. The van der Waals surface area contributed by atoms with Gasteiger partial charge in [-0.15, -0.1) is 0 Å². The van der Waals surface area contributed by atoms with Crippen molar-refractivity contribution in [3.63, 3.8) is 0 Å². The van der Waals surface area contributed by atoms with Crippen LogP contribution in [0.25, 0.3) is 0 Å². The van der Waals surface area contributed by atoms with Crippen LogP contribution in [-0.4, -0.2) is 77.6 Å². The molecule has 2 amide bonds. The molecule has 164 valence electrons. The van der Waals surface area contributed by atoms with E-state index in [1.807, 2.05) is 11.8 Å². The van der Waals surface area contributed by atoms with E-state index in [0.29, 0.717) is 48.9 Å². The molecule has 0 aliphatic carbocycles. The average Bonchev–Trinajstić information content (AvgIpc) is 3.34. The number of hydrogen-bond acceptors (Lipinski definition) is 7. The Morgan fingerprint density at radius 2 is 1.84 bits per heavy atom. The summed E-state index contributed by atoms with van der Waals surface area (Å²) in [5.74, 6) is 0.378. The van der Waals surface area contributed by atoms with Gasteiger partial charge in [-0.25, -0.2) is 9.97 Å². The third-order valence-corrected chi connectivity index (χ3v) is 5.59. The summed E-state index contributed by atoms with van der Waals surface area (Å²) in [4.78, 5) is 42.7. The monoisotopic (exact) mass is 424 g/mol. The molecule has 0 spiro atoms. The largest absolute Gasteiger partial charge is 0.378 e. The highest BCUT2D eigenvalue weighted by Crippen LogP contribution is 2.18. The lowest BCUT2D eigenvalue weighted by Gasteiger charge is -2.27. The Hall–Kier alpha value is -3.07. The molecule has 0 atom stereocenters. The first-order valence-corrected chi connectivity index (χ1v) is 10.8. The van der Waals surface area contributed by atoms with Gasteiger partial charge in [0.05, 0.1) is 30.0 Å². The molecule has 2 aliphatic rings. The zero-order valence-corrected chi connectivity index (χ0v) is 17.8. The summed E-state index contributed by atoms with van der Waals surface area (Å²) in [7, 11) is 0. The van der Waals surface area contributed by atoms with Gasteiger partial charge in [0.25, 0.3) is 11.8 Å². The number of morpholine rings is 1. The minimum atomic E-state index is -0.192. The normalized spacial score (nSPS) is 16.4. The maximum absolute atomic E-state index is 13.0. The van der Waals surface area contributed by atoms with Crippen LogP contribution in [-0.2, 0) is 11.2 Å². The number of pyridine rings is 1. The number of anilines is 1. The third-order valence-electron chi connectivity index (χ3n) is 5.59. The first-order chi connectivity index (χ1) is 15.1. The predicted octanol–water partition coefficient (Wildman–Crippen LogP) is 1.23. The fraction of sp³-hybridized carbons (Fsp3) is 0.500. The SMILES string of the molecule is Cc1ccc(C(=O)NCCc2nc(N3CCOCC3)ncc2C(=O)N2CCCC2)cn1. The summed E-state index contributed by atoms with van der Waals surface area (Å²) in [5.41, 5.74) is 2.55. The Bertz CT molecular complexity index is 921. The maximum atomic E-state index is 13.0. The molecule has 9 nitrogen and oxygen atoms in total. The van der Waals surface area contributed by atoms with Crippen molar-refractivity contribution in [3.05, 3.63) is 47.0 Å². The Balaban J connectivity index is 1.48. The van der Waals surface area contributed by atoms with Gasteiger partial charge < -0.3 is 19.9 Å². The number of aryl methyl sites for hydroxylation is 1. The highest BCUT2D eigenvalue weighted by atomic mass is 16.5. The maximum Gasteiger partial charge on any atom is 0.257 e. The van der Waals surface area contributed by atoms with E-state index in [4.69, 9.17) is 9.72 Å². The number of amides is 2. The number of nitrogens with one attached hydrogen (secondary N) is 1. The Kier molecular flexibility index (Phi) is 6.71. The van der Waals surface area contributed by atoms with Crippen LogP contribution in [0.15, 0.2) is 24.5 Å². The van der Waals surface area contributed by atoms with Gasteiger partial charge in [0, 0.05) is 57.2 Å². The lowest BCUT2D eigenvalue weighted by molar-refractivity contribution is 0.0790. The molecule has 1 N–H and O–H groups in total. The van der Waals surface area contributed by atoms with Crippen molar-refractivity contribution in [2.24, 2.45) is 0 Å². The number of aromatic nitrogens is 3.